The molecule has 6 nitrogen and oxygen atoms in total. The van der Waals surface area contributed by atoms with Gasteiger partial charge in [-0.1, -0.05) is 77.9 Å². The number of hydrogen-bond donors (Lipinski definition) is 1. The van der Waals surface area contributed by atoms with Crippen LogP contribution in [0, 0.1) is 13.8 Å². The van der Waals surface area contributed by atoms with Crippen molar-refractivity contribution in [1.82, 2.24) is 10.2 Å². The summed E-state index contributed by atoms with van der Waals surface area (Å²) in [5.41, 5.74) is 7.05. The van der Waals surface area contributed by atoms with E-state index in [-0.39, 0.29) is 18.5 Å². The highest BCUT2D eigenvalue weighted by Crippen LogP contribution is 2.34. The number of esters is 1. The summed E-state index contributed by atoms with van der Waals surface area (Å²) in [5.74, 6) is -2.11. The van der Waals surface area contributed by atoms with Gasteiger partial charge in [0.2, 0.25) is 0 Å². The highest BCUT2D eigenvalue weighted by molar-refractivity contribution is 6.35. The summed E-state index contributed by atoms with van der Waals surface area (Å²) in [6.07, 6.45) is 0.155. The minimum absolute atomic E-state index is 0.155. The molecule has 3 rings (SSSR count). The van der Waals surface area contributed by atoms with Gasteiger partial charge in [-0.05, 0) is 69.4 Å². The van der Waals surface area contributed by atoms with Crippen LogP contribution in [0.5, 0.6) is 0 Å². The first-order valence-electron chi connectivity index (χ1n) is 13.0. The van der Waals surface area contributed by atoms with Gasteiger partial charge in [0.1, 0.15) is 6.04 Å². The summed E-state index contributed by atoms with van der Waals surface area (Å²) in [4.78, 5) is 40.6. The predicted octanol–water partition coefficient (Wildman–Crippen LogP) is 5.48. The van der Waals surface area contributed by atoms with Crippen LogP contribution in [-0.2, 0) is 25.5 Å². The van der Waals surface area contributed by atoms with Gasteiger partial charge in [-0.2, -0.15) is 0 Å². The van der Waals surface area contributed by atoms with Crippen LogP contribution in [0.4, 0.5) is 0 Å². The number of aryl methyl sites for hydroxylation is 2. The number of carbonyl (C=O) groups is 3. The van der Waals surface area contributed by atoms with E-state index < -0.39 is 23.8 Å². The molecule has 0 aromatic heterocycles. The average Bonchev–Trinajstić information content (AvgIpc) is 2.88. The molecular formula is C32H38N2O4. The zero-order valence-electron chi connectivity index (χ0n) is 23.4. The van der Waals surface area contributed by atoms with Crippen LogP contribution in [0.1, 0.15) is 44.4 Å². The Morgan fingerprint density at radius 3 is 1.61 bits per heavy atom. The van der Waals surface area contributed by atoms with E-state index in [0.29, 0.717) is 0 Å². The largest absolute Gasteiger partial charge is 0.467 e. The Morgan fingerprint density at radius 1 is 0.763 bits per heavy atom. The number of benzene rings is 3. The Labute approximate surface area is 226 Å². The Balaban J connectivity index is 2.08. The molecule has 3 aromatic carbocycles. The first-order valence-corrected chi connectivity index (χ1v) is 13.0. The van der Waals surface area contributed by atoms with E-state index in [9.17, 15) is 14.4 Å². The van der Waals surface area contributed by atoms with Gasteiger partial charge in [0, 0.05) is 18.5 Å². The summed E-state index contributed by atoms with van der Waals surface area (Å²) < 4.78 is 5.06. The van der Waals surface area contributed by atoms with E-state index in [0.717, 1.165) is 38.9 Å². The third-order valence-electron chi connectivity index (χ3n) is 6.64. The van der Waals surface area contributed by atoms with Crippen molar-refractivity contribution in [3.8, 4) is 22.3 Å². The monoisotopic (exact) mass is 514 g/mol. The molecular weight excluding hydrogens is 476 g/mol. The highest BCUT2D eigenvalue weighted by atomic mass is 16.5. The maximum absolute atomic E-state index is 13.1. The number of nitrogens with zero attached hydrogens (tertiary/aromatic N) is 1. The van der Waals surface area contributed by atoms with E-state index in [2.05, 4.69) is 5.32 Å². The highest BCUT2D eigenvalue weighted by Gasteiger charge is 2.31. The smallest absolute Gasteiger partial charge is 0.328 e. The van der Waals surface area contributed by atoms with Gasteiger partial charge in [0.05, 0.1) is 7.11 Å². The van der Waals surface area contributed by atoms with Gasteiger partial charge in [-0.25, -0.2) is 4.79 Å². The number of amides is 2. The van der Waals surface area contributed by atoms with Crippen LogP contribution in [0.15, 0.2) is 66.7 Å². The standard InChI is InChI=1S/C32H38N2O4/c1-20(2)34(21(3)4)31(36)30(35)33-29(32(37)38-7)19-28-26(24-15-11-22(5)12-16-24)9-8-10-27(28)25-17-13-23(6)14-18-25/h8-18,20-21,29H,19H2,1-7H3,(H,33,35). The van der Waals surface area contributed by atoms with Gasteiger partial charge < -0.3 is 15.0 Å². The minimum atomic E-state index is -1.05. The fourth-order valence-electron chi connectivity index (χ4n) is 4.76. The molecule has 1 N–H and O–H groups in total. The quantitative estimate of drug-likeness (QED) is 0.319. The van der Waals surface area contributed by atoms with Crippen LogP contribution >= 0.6 is 0 Å². The number of methoxy groups -OCH3 is 1. The molecule has 0 heterocycles. The summed E-state index contributed by atoms with van der Waals surface area (Å²) in [7, 11) is 1.28. The van der Waals surface area contributed by atoms with Crippen molar-refractivity contribution in [1.29, 1.82) is 0 Å². The molecule has 1 atom stereocenters. The first kappa shape index (κ1) is 28.6. The fourth-order valence-corrected chi connectivity index (χ4v) is 4.76. The lowest BCUT2D eigenvalue weighted by atomic mass is 9.87. The summed E-state index contributed by atoms with van der Waals surface area (Å²) >= 11 is 0. The molecule has 0 aliphatic carbocycles. The molecule has 3 aromatic rings. The molecule has 1 unspecified atom stereocenters. The number of carbonyl (C=O) groups excluding carboxylic acids is 3. The number of hydrogen-bond acceptors (Lipinski definition) is 4. The predicted molar refractivity (Wildman–Crippen MR) is 152 cm³/mol. The van der Waals surface area contributed by atoms with Crippen LogP contribution in [0.2, 0.25) is 0 Å². The Kier molecular flexibility index (Phi) is 9.45. The molecule has 0 radical (unpaired) electrons. The van der Waals surface area contributed by atoms with E-state index in [1.807, 2.05) is 108 Å². The fraction of sp³-hybridized carbons (Fsp3) is 0.344. The molecule has 6 heteroatoms. The lowest BCUT2D eigenvalue weighted by molar-refractivity contribution is -0.151. The van der Waals surface area contributed by atoms with Crippen molar-refractivity contribution in [3.05, 3.63) is 83.4 Å². The van der Waals surface area contributed by atoms with E-state index >= 15 is 0 Å². The topological polar surface area (TPSA) is 75.7 Å². The second kappa shape index (κ2) is 12.5. The molecule has 38 heavy (non-hydrogen) atoms. The molecule has 0 fully saturated rings. The average molecular weight is 515 g/mol. The van der Waals surface area contributed by atoms with Crippen molar-refractivity contribution in [2.24, 2.45) is 0 Å². The molecule has 0 saturated carbocycles. The van der Waals surface area contributed by atoms with Crippen LogP contribution < -0.4 is 5.32 Å². The van der Waals surface area contributed by atoms with Crippen LogP contribution in [0.3, 0.4) is 0 Å². The second-order valence-corrected chi connectivity index (χ2v) is 10.2. The Morgan fingerprint density at radius 2 is 1.21 bits per heavy atom. The molecule has 0 aliphatic heterocycles. The number of nitrogens with one attached hydrogen (secondary N) is 1. The normalized spacial score (nSPS) is 11.8. The van der Waals surface area contributed by atoms with Crippen molar-refractivity contribution in [3.63, 3.8) is 0 Å². The van der Waals surface area contributed by atoms with E-state index in [1.54, 1.807) is 0 Å². The lowest BCUT2D eigenvalue weighted by Gasteiger charge is -2.30. The molecule has 2 amide bonds. The molecule has 0 saturated heterocycles. The van der Waals surface area contributed by atoms with Crippen LogP contribution in [0.25, 0.3) is 22.3 Å². The maximum Gasteiger partial charge on any atom is 0.328 e. The number of ether oxygens (including phenoxy) is 1. The number of rotatable bonds is 8. The van der Waals surface area contributed by atoms with Gasteiger partial charge >= 0.3 is 17.8 Å². The lowest BCUT2D eigenvalue weighted by Crippen LogP contribution is -2.53. The van der Waals surface area contributed by atoms with Crippen molar-refractivity contribution >= 4 is 17.8 Å². The van der Waals surface area contributed by atoms with Crippen LogP contribution in [-0.4, -0.2) is 47.9 Å². The second-order valence-electron chi connectivity index (χ2n) is 10.2. The van der Waals surface area contributed by atoms with Gasteiger partial charge in [0.15, 0.2) is 0 Å². The van der Waals surface area contributed by atoms with Crippen molar-refractivity contribution in [2.75, 3.05) is 7.11 Å². The SMILES string of the molecule is COC(=O)C(Cc1c(-c2ccc(C)cc2)cccc1-c1ccc(C)cc1)NC(=O)C(=O)N(C(C)C)C(C)C. The van der Waals surface area contributed by atoms with Crippen molar-refractivity contribution < 1.29 is 19.1 Å². The van der Waals surface area contributed by atoms with E-state index in [1.165, 1.54) is 12.0 Å². The van der Waals surface area contributed by atoms with Crippen molar-refractivity contribution in [2.45, 2.75) is 66.1 Å². The molecule has 0 spiro atoms. The van der Waals surface area contributed by atoms with Gasteiger partial charge in [-0.15, -0.1) is 0 Å². The zero-order chi connectivity index (χ0) is 28.0. The Bertz CT molecular complexity index is 1210. The summed E-state index contributed by atoms with van der Waals surface area (Å²) in [5, 5.41) is 2.68. The maximum atomic E-state index is 13.1. The first-order chi connectivity index (χ1) is 18.0. The van der Waals surface area contributed by atoms with E-state index in [4.69, 9.17) is 4.74 Å². The zero-order valence-corrected chi connectivity index (χ0v) is 23.4. The third kappa shape index (κ3) is 6.68. The Hall–Kier alpha value is -3.93. The van der Waals surface area contributed by atoms with Gasteiger partial charge in [0.25, 0.3) is 0 Å². The minimum Gasteiger partial charge on any atom is -0.467 e. The van der Waals surface area contributed by atoms with Gasteiger partial charge in [-0.3, -0.25) is 9.59 Å². The molecule has 0 bridgehead atoms. The molecule has 0 aliphatic rings. The summed E-state index contributed by atoms with van der Waals surface area (Å²) in [6, 6.07) is 21.0. The molecule has 200 valence electrons. The third-order valence-corrected chi connectivity index (χ3v) is 6.64. The summed E-state index contributed by atoms with van der Waals surface area (Å²) in [6.45, 7) is 11.5.